The molecular formula is C23H26O2. The van der Waals surface area contributed by atoms with E-state index in [0.29, 0.717) is 5.75 Å². The van der Waals surface area contributed by atoms with Crippen molar-refractivity contribution in [1.82, 2.24) is 0 Å². The Kier molecular flexibility index (Phi) is 7.74. The Hall–Kier alpha value is -2.58. The van der Waals surface area contributed by atoms with Gasteiger partial charge in [-0.3, -0.25) is 0 Å². The summed E-state index contributed by atoms with van der Waals surface area (Å²) in [5.41, 5.74) is 4.09. The largest absolute Gasteiger partial charge is 0.507 e. The molecule has 1 N–H and O–H groups in total. The zero-order valence-electron chi connectivity index (χ0n) is 15.0. The van der Waals surface area contributed by atoms with Crippen LogP contribution in [0.5, 0.6) is 5.75 Å². The van der Waals surface area contributed by atoms with Gasteiger partial charge in [-0.1, -0.05) is 78.9 Å². The van der Waals surface area contributed by atoms with Gasteiger partial charge in [0, 0.05) is 25.2 Å². The van der Waals surface area contributed by atoms with Gasteiger partial charge in [0.15, 0.2) is 0 Å². The molecule has 0 heterocycles. The number of para-hydroxylation sites is 1. The van der Waals surface area contributed by atoms with Crippen molar-refractivity contribution in [1.29, 1.82) is 0 Å². The highest BCUT2D eigenvalue weighted by molar-refractivity contribution is 5.71. The lowest BCUT2D eigenvalue weighted by molar-refractivity contribution is 0.162. The second kappa shape index (κ2) is 10.3. The highest BCUT2D eigenvalue weighted by atomic mass is 16.5. The van der Waals surface area contributed by atoms with E-state index in [0.717, 1.165) is 36.3 Å². The molecule has 2 heteroatoms. The van der Waals surface area contributed by atoms with Crippen LogP contribution in [0.15, 0.2) is 78.9 Å². The molecule has 0 spiro atoms. The van der Waals surface area contributed by atoms with Crippen LogP contribution in [0.4, 0.5) is 0 Å². The van der Waals surface area contributed by atoms with E-state index in [4.69, 9.17) is 4.74 Å². The van der Waals surface area contributed by atoms with Crippen molar-refractivity contribution in [2.75, 3.05) is 13.2 Å². The van der Waals surface area contributed by atoms with Crippen LogP contribution in [0.3, 0.4) is 0 Å². The molecule has 0 saturated heterocycles. The van der Waals surface area contributed by atoms with E-state index in [1.807, 2.05) is 80.6 Å². The highest BCUT2D eigenvalue weighted by Gasteiger charge is 2.09. The summed E-state index contributed by atoms with van der Waals surface area (Å²) in [6, 6.07) is 26.1. The lowest BCUT2D eigenvalue weighted by atomic mass is 9.97. The number of phenolic OH excluding ortho intramolecular Hbond substituents is 1. The Morgan fingerprint density at radius 2 is 1.32 bits per heavy atom. The van der Waals surface area contributed by atoms with Gasteiger partial charge >= 0.3 is 0 Å². The molecule has 0 atom stereocenters. The first-order valence-corrected chi connectivity index (χ1v) is 8.74. The molecule has 3 aromatic carbocycles. The predicted octanol–water partition coefficient (Wildman–Crippen LogP) is 5.69. The molecule has 0 saturated carbocycles. The predicted molar refractivity (Wildman–Crippen MR) is 105 cm³/mol. The van der Waals surface area contributed by atoms with Gasteiger partial charge in [-0.2, -0.15) is 0 Å². The minimum absolute atomic E-state index is 0.377. The normalized spacial score (nSPS) is 10.0. The number of rotatable bonds is 5. The van der Waals surface area contributed by atoms with Crippen molar-refractivity contribution < 1.29 is 9.84 Å². The maximum absolute atomic E-state index is 10.5. The lowest BCUT2D eigenvalue weighted by Crippen LogP contribution is -1.90. The van der Waals surface area contributed by atoms with Crippen LogP contribution in [0.2, 0.25) is 0 Å². The van der Waals surface area contributed by atoms with Gasteiger partial charge in [0.25, 0.3) is 0 Å². The Morgan fingerprint density at radius 1 is 0.720 bits per heavy atom. The number of ether oxygens (including phenoxy) is 1. The van der Waals surface area contributed by atoms with Gasteiger partial charge in [0.05, 0.1) is 0 Å². The van der Waals surface area contributed by atoms with Crippen molar-refractivity contribution in [3.8, 4) is 16.9 Å². The first-order valence-electron chi connectivity index (χ1n) is 8.74. The summed E-state index contributed by atoms with van der Waals surface area (Å²) in [5.74, 6) is 0.377. The average molecular weight is 334 g/mol. The summed E-state index contributed by atoms with van der Waals surface area (Å²) < 4.78 is 4.83. The van der Waals surface area contributed by atoms with Crippen LogP contribution in [0, 0.1) is 0 Å². The van der Waals surface area contributed by atoms with Crippen LogP contribution in [0.25, 0.3) is 11.1 Å². The smallest absolute Gasteiger partial charge is 0.126 e. The van der Waals surface area contributed by atoms with E-state index >= 15 is 0 Å². The molecule has 0 bridgehead atoms. The van der Waals surface area contributed by atoms with Gasteiger partial charge < -0.3 is 9.84 Å². The minimum Gasteiger partial charge on any atom is -0.507 e. The Bertz CT molecular complexity index is 735. The SMILES string of the molecule is CCOCC.Oc1c(Cc2ccccc2)cccc1-c1ccccc1. The van der Waals surface area contributed by atoms with Crippen LogP contribution in [-0.4, -0.2) is 18.3 Å². The van der Waals surface area contributed by atoms with Crippen LogP contribution < -0.4 is 0 Å². The van der Waals surface area contributed by atoms with E-state index in [-0.39, 0.29) is 0 Å². The molecular weight excluding hydrogens is 308 g/mol. The molecule has 0 unspecified atom stereocenters. The van der Waals surface area contributed by atoms with Crippen molar-refractivity contribution in [2.24, 2.45) is 0 Å². The van der Waals surface area contributed by atoms with Gasteiger partial charge in [-0.05, 0) is 30.5 Å². The van der Waals surface area contributed by atoms with E-state index in [2.05, 4.69) is 12.1 Å². The topological polar surface area (TPSA) is 29.5 Å². The zero-order valence-corrected chi connectivity index (χ0v) is 15.0. The molecule has 0 radical (unpaired) electrons. The molecule has 3 aromatic rings. The van der Waals surface area contributed by atoms with Crippen molar-refractivity contribution in [3.63, 3.8) is 0 Å². The first kappa shape index (κ1) is 18.8. The van der Waals surface area contributed by atoms with Crippen molar-refractivity contribution in [2.45, 2.75) is 20.3 Å². The lowest BCUT2D eigenvalue weighted by Gasteiger charge is -2.10. The third-order valence-electron chi connectivity index (χ3n) is 3.85. The summed E-state index contributed by atoms with van der Waals surface area (Å²) in [5, 5.41) is 10.5. The summed E-state index contributed by atoms with van der Waals surface area (Å²) in [7, 11) is 0. The van der Waals surface area contributed by atoms with E-state index < -0.39 is 0 Å². The molecule has 0 fully saturated rings. The number of benzene rings is 3. The van der Waals surface area contributed by atoms with Gasteiger partial charge in [0.2, 0.25) is 0 Å². The number of hydrogen-bond donors (Lipinski definition) is 1. The first-order chi connectivity index (χ1) is 12.3. The number of aromatic hydroxyl groups is 1. The molecule has 3 rings (SSSR count). The average Bonchev–Trinajstić information content (AvgIpc) is 2.66. The molecule has 0 aliphatic rings. The molecule has 0 aliphatic carbocycles. The number of hydrogen-bond acceptors (Lipinski definition) is 2. The summed E-state index contributed by atoms with van der Waals surface area (Å²) in [6.07, 6.45) is 0.743. The summed E-state index contributed by atoms with van der Waals surface area (Å²) in [6.45, 7) is 5.67. The zero-order chi connectivity index (χ0) is 17.9. The maximum Gasteiger partial charge on any atom is 0.126 e. The van der Waals surface area contributed by atoms with Gasteiger partial charge in [-0.15, -0.1) is 0 Å². The fourth-order valence-corrected chi connectivity index (χ4v) is 2.60. The maximum atomic E-state index is 10.5. The fourth-order valence-electron chi connectivity index (χ4n) is 2.60. The highest BCUT2D eigenvalue weighted by Crippen LogP contribution is 2.33. The fraction of sp³-hybridized carbons (Fsp3) is 0.217. The van der Waals surface area contributed by atoms with Crippen molar-refractivity contribution >= 4 is 0 Å². The second-order valence-corrected chi connectivity index (χ2v) is 5.62. The van der Waals surface area contributed by atoms with Gasteiger partial charge in [0.1, 0.15) is 5.75 Å². The van der Waals surface area contributed by atoms with E-state index in [1.54, 1.807) is 0 Å². The minimum atomic E-state index is 0.377. The Morgan fingerprint density at radius 3 is 1.88 bits per heavy atom. The molecule has 2 nitrogen and oxygen atoms in total. The van der Waals surface area contributed by atoms with Crippen molar-refractivity contribution in [3.05, 3.63) is 90.0 Å². The quantitative estimate of drug-likeness (QED) is 0.649. The summed E-state index contributed by atoms with van der Waals surface area (Å²) >= 11 is 0. The molecule has 130 valence electrons. The monoisotopic (exact) mass is 334 g/mol. The Balaban J connectivity index is 0.000000399. The standard InChI is InChI=1S/C19H16O.C4H10O/c20-19-17(14-15-8-3-1-4-9-15)12-7-13-18(19)16-10-5-2-6-11-16;1-3-5-4-2/h1-13,20H,14H2;3-4H2,1-2H3. The third-order valence-corrected chi connectivity index (χ3v) is 3.85. The third kappa shape index (κ3) is 5.77. The Labute approximate surface area is 150 Å². The molecule has 0 aromatic heterocycles. The molecule has 0 aliphatic heterocycles. The van der Waals surface area contributed by atoms with E-state index in [1.165, 1.54) is 5.56 Å². The molecule has 0 amide bonds. The summed E-state index contributed by atoms with van der Waals surface area (Å²) in [4.78, 5) is 0. The number of phenols is 1. The van der Waals surface area contributed by atoms with Crippen LogP contribution in [0.1, 0.15) is 25.0 Å². The van der Waals surface area contributed by atoms with Gasteiger partial charge in [-0.25, -0.2) is 0 Å². The van der Waals surface area contributed by atoms with Crippen LogP contribution >= 0.6 is 0 Å². The van der Waals surface area contributed by atoms with Crippen LogP contribution in [-0.2, 0) is 11.2 Å². The van der Waals surface area contributed by atoms with E-state index in [9.17, 15) is 5.11 Å². The molecule has 25 heavy (non-hydrogen) atoms. The second-order valence-electron chi connectivity index (χ2n) is 5.62.